The molecule has 5 rings (SSSR count). The molecule has 7 nitrogen and oxygen atoms in total. The van der Waals surface area contributed by atoms with Crippen molar-refractivity contribution in [1.29, 1.82) is 0 Å². The molecular weight excluding hydrogens is 370 g/mol. The molecular formula is C22H15N3O4. The molecule has 0 unspecified atom stereocenters. The molecule has 0 aliphatic carbocycles. The predicted octanol–water partition coefficient (Wildman–Crippen LogP) is 3.33. The van der Waals surface area contributed by atoms with Crippen LogP contribution >= 0.6 is 0 Å². The number of hydrogen-bond donors (Lipinski definition) is 2. The lowest BCUT2D eigenvalue weighted by atomic mass is 10.1. The molecule has 2 N–H and O–H groups in total. The van der Waals surface area contributed by atoms with E-state index in [-0.39, 0.29) is 5.69 Å². The van der Waals surface area contributed by atoms with E-state index in [4.69, 9.17) is 9.47 Å². The Morgan fingerprint density at radius 2 is 1.59 bits per heavy atom. The molecule has 0 radical (unpaired) electrons. The van der Waals surface area contributed by atoms with Crippen molar-refractivity contribution in [2.24, 2.45) is 0 Å². The van der Waals surface area contributed by atoms with Gasteiger partial charge in [-0.1, -0.05) is 24.3 Å². The molecule has 29 heavy (non-hydrogen) atoms. The Kier molecular flexibility index (Phi) is 3.98. The summed E-state index contributed by atoms with van der Waals surface area (Å²) in [5, 5.41) is 4.56. The Bertz CT molecular complexity index is 1240. The summed E-state index contributed by atoms with van der Waals surface area (Å²) in [6.45, 7) is 0. The number of benzene rings is 2. The normalized spacial score (nSPS) is 12.8. The molecule has 142 valence electrons. The molecule has 0 saturated heterocycles. The van der Waals surface area contributed by atoms with Gasteiger partial charge < -0.3 is 19.8 Å². The molecule has 1 aliphatic heterocycles. The van der Waals surface area contributed by atoms with Gasteiger partial charge in [-0.05, 0) is 46.7 Å². The zero-order valence-corrected chi connectivity index (χ0v) is 15.1. The number of fused-ring (bicyclic) bond motifs is 2. The summed E-state index contributed by atoms with van der Waals surface area (Å²) in [7, 11) is 0. The third kappa shape index (κ3) is 3.19. The van der Waals surface area contributed by atoms with Gasteiger partial charge in [0.05, 0.1) is 0 Å². The molecule has 0 spiro atoms. The van der Waals surface area contributed by atoms with Crippen LogP contribution in [-0.2, 0) is 4.79 Å². The number of anilines is 1. The smallest absolute Gasteiger partial charge is 0.322 e. The van der Waals surface area contributed by atoms with E-state index >= 15 is 0 Å². The lowest BCUT2D eigenvalue weighted by Gasteiger charge is -2.11. The van der Waals surface area contributed by atoms with Crippen LogP contribution in [0.4, 0.5) is 5.69 Å². The summed E-state index contributed by atoms with van der Waals surface area (Å²) in [6, 6.07) is 16.6. The van der Waals surface area contributed by atoms with E-state index in [0.29, 0.717) is 11.5 Å². The summed E-state index contributed by atoms with van der Waals surface area (Å²) in [4.78, 5) is 31.4. The number of nitrogens with zero attached hydrogens (tertiary/aromatic N) is 1. The van der Waals surface area contributed by atoms with E-state index in [1.165, 1.54) is 0 Å². The zero-order valence-electron chi connectivity index (χ0n) is 15.1. The van der Waals surface area contributed by atoms with Crippen molar-refractivity contribution >= 4 is 22.4 Å². The van der Waals surface area contributed by atoms with Crippen LogP contribution in [0.3, 0.4) is 0 Å². The number of H-pyrrole nitrogens is 1. The van der Waals surface area contributed by atoms with Gasteiger partial charge in [-0.15, -0.1) is 0 Å². The SMILES string of the molecule is O=C(Nc1cc(-c2ccncc2)c[nH]c1=O)C1Oc2cc3ccccc3cc2O1. The van der Waals surface area contributed by atoms with Gasteiger partial charge in [0.1, 0.15) is 5.69 Å². The van der Waals surface area contributed by atoms with Gasteiger partial charge in [-0.25, -0.2) is 0 Å². The van der Waals surface area contributed by atoms with Crippen LogP contribution in [0.2, 0.25) is 0 Å². The van der Waals surface area contributed by atoms with Crippen molar-refractivity contribution in [1.82, 2.24) is 9.97 Å². The number of pyridine rings is 2. The van der Waals surface area contributed by atoms with Gasteiger partial charge >= 0.3 is 12.2 Å². The minimum absolute atomic E-state index is 0.109. The van der Waals surface area contributed by atoms with Gasteiger partial charge in [0.15, 0.2) is 11.5 Å². The first-order valence-electron chi connectivity index (χ1n) is 8.97. The molecule has 7 heteroatoms. The Morgan fingerprint density at radius 1 is 0.931 bits per heavy atom. The van der Waals surface area contributed by atoms with Gasteiger partial charge in [0.25, 0.3) is 5.56 Å². The molecule has 4 aromatic rings. The standard InChI is InChI=1S/C22H15N3O4/c26-20-17(9-16(12-24-20)13-5-7-23-8-6-13)25-21(27)22-28-18-10-14-3-1-2-4-15(14)11-19(18)29-22/h1-12,22H,(H,24,26)(H,25,27). The van der Waals surface area contributed by atoms with Gasteiger partial charge in [-0.2, -0.15) is 0 Å². The predicted molar refractivity (Wildman–Crippen MR) is 108 cm³/mol. The number of carbonyl (C=O) groups is 1. The number of aromatic amines is 1. The van der Waals surface area contributed by atoms with Crippen LogP contribution in [-0.4, -0.2) is 22.2 Å². The van der Waals surface area contributed by atoms with Crippen LogP contribution < -0.4 is 20.3 Å². The lowest BCUT2D eigenvalue weighted by Crippen LogP contribution is -2.36. The number of rotatable bonds is 3. The second-order valence-corrected chi connectivity index (χ2v) is 6.57. The molecule has 2 aromatic carbocycles. The zero-order chi connectivity index (χ0) is 19.8. The quantitative estimate of drug-likeness (QED) is 0.564. The third-order valence-corrected chi connectivity index (χ3v) is 4.67. The Labute approximate surface area is 164 Å². The maximum Gasteiger partial charge on any atom is 0.322 e. The number of aromatic nitrogens is 2. The minimum Gasteiger partial charge on any atom is -0.442 e. The number of nitrogens with one attached hydrogen (secondary N) is 2. The summed E-state index contributed by atoms with van der Waals surface area (Å²) in [6.07, 6.45) is 3.71. The van der Waals surface area contributed by atoms with Crippen LogP contribution in [0, 0.1) is 0 Å². The second kappa shape index (κ2) is 6.79. The Balaban J connectivity index is 1.38. The average Bonchev–Trinajstić information content (AvgIpc) is 3.17. The Morgan fingerprint density at radius 3 is 2.24 bits per heavy atom. The van der Waals surface area contributed by atoms with Crippen LogP contribution in [0.15, 0.2) is 78.0 Å². The maximum absolute atomic E-state index is 12.7. The molecule has 3 heterocycles. The van der Waals surface area contributed by atoms with Crippen molar-refractivity contribution in [3.05, 3.63) is 83.5 Å². The molecule has 1 aliphatic rings. The van der Waals surface area contributed by atoms with Crippen molar-refractivity contribution < 1.29 is 14.3 Å². The van der Waals surface area contributed by atoms with Crippen LogP contribution in [0.1, 0.15) is 0 Å². The number of hydrogen-bond acceptors (Lipinski definition) is 5. The minimum atomic E-state index is -1.18. The van der Waals surface area contributed by atoms with E-state index < -0.39 is 17.8 Å². The molecule has 0 fully saturated rings. The first-order valence-corrected chi connectivity index (χ1v) is 8.97. The fourth-order valence-electron chi connectivity index (χ4n) is 3.22. The van der Waals surface area contributed by atoms with E-state index in [1.807, 2.05) is 48.5 Å². The van der Waals surface area contributed by atoms with Gasteiger partial charge in [0.2, 0.25) is 0 Å². The average molecular weight is 385 g/mol. The van der Waals surface area contributed by atoms with Gasteiger partial charge in [-0.3, -0.25) is 14.6 Å². The molecule has 0 bridgehead atoms. The third-order valence-electron chi connectivity index (χ3n) is 4.67. The highest BCUT2D eigenvalue weighted by Gasteiger charge is 2.31. The van der Waals surface area contributed by atoms with Crippen molar-refractivity contribution in [2.75, 3.05) is 5.32 Å². The summed E-state index contributed by atoms with van der Waals surface area (Å²) >= 11 is 0. The highest BCUT2D eigenvalue weighted by Crippen LogP contribution is 2.38. The van der Waals surface area contributed by atoms with Gasteiger partial charge in [0, 0.05) is 24.2 Å². The topological polar surface area (TPSA) is 93.3 Å². The molecule has 0 atom stereocenters. The number of amides is 1. The van der Waals surface area contributed by atoms with E-state index in [1.54, 1.807) is 24.7 Å². The van der Waals surface area contributed by atoms with E-state index in [9.17, 15) is 9.59 Å². The molecule has 0 saturated carbocycles. The highest BCUT2D eigenvalue weighted by molar-refractivity contribution is 5.95. The first-order chi connectivity index (χ1) is 14.2. The summed E-state index contributed by atoms with van der Waals surface area (Å²) < 4.78 is 11.3. The molecule has 2 aromatic heterocycles. The molecule has 1 amide bonds. The number of carbonyl (C=O) groups excluding carboxylic acids is 1. The summed E-state index contributed by atoms with van der Waals surface area (Å²) in [5.74, 6) is 0.411. The van der Waals surface area contributed by atoms with Crippen LogP contribution in [0.25, 0.3) is 21.9 Å². The van der Waals surface area contributed by atoms with Crippen molar-refractivity contribution in [2.45, 2.75) is 6.29 Å². The first kappa shape index (κ1) is 17.0. The number of ether oxygens (including phenoxy) is 2. The Hall–Kier alpha value is -4.13. The lowest BCUT2D eigenvalue weighted by molar-refractivity contribution is -0.131. The highest BCUT2D eigenvalue weighted by atomic mass is 16.7. The maximum atomic E-state index is 12.7. The fraction of sp³-hybridized carbons (Fsp3) is 0.0455. The van der Waals surface area contributed by atoms with Crippen LogP contribution in [0.5, 0.6) is 11.5 Å². The largest absolute Gasteiger partial charge is 0.442 e. The second-order valence-electron chi connectivity index (χ2n) is 6.57. The van der Waals surface area contributed by atoms with E-state index in [0.717, 1.165) is 21.9 Å². The monoisotopic (exact) mass is 385 g/mol. The van der Waals surface area contributed by atoms with Crippen molar-refractivity contribution in [3.8, 4) is 22.6 Å². The van der Waals surface area contributed by atoms with E-state index in [2.05, 4.69) is 15.3 Å². The summed E-state index contributed by atoms with van der Waals surface area (Å²) in [5.41, 5.74) is 1.29. The fourth-order valence-corrected chi connectivity index (χ4v) is 3.22. The van der Waals surface area contributed by atoms with Crippen molar-refractivity contribution in [3.63, 3.8) is 0 Å².